The van der Waals surface area contributed by atoms with E-state index in [1.54, 1.807) is 6.20 Å². The van der Waals surface area contributed by atoms with Crippen molar-refractivity contribution in [1.29, 1.82) is 0 Å². The highest BCUT2D eigenvalue weighted by atomic mass is 16.4. The zero-order valence-electron chi connectivity index (χ0n) is 12.0. The van der Waals surface area contributed by atoms with Crippen LogP contribution in [0.15, 0.2) is 12.5 Å². The predicted molar refractivity (Wildman–Crippen MR) is 75.9 cm³/mol. The lowest BCUT2D eigenvalue weighted by Gasteiger charge is -2.30. The highest BCUT2D eigenvalue weighted by molar-refractivity contribution is 5.82. The Kier molecular flexibility index (Phi) is 5.15. The number of hydrogen-bond donors (Lipinski definition) is 4. The number of hydrogen-bond acceptors (Lipinski definition) is 4. The molecule has 2 amide bonds. The second kappa shape index (κ2) is 7.07. The van der Waals surface area contributed by atoms with E-state index in [4.69, 9.17) is 0 Å². The summed E-state index contributed by atoms with van der Waals surface area (Å²) in [7, 11) is 2.00. The van der Waals surface area contributed by atoms with Crippen LogP contribution in [-0.4, -0.2) is 64.2 Å². The number of likely N-dealkylation sites (N-methyl/N-ethyl adjacent to an activating group) is 1. The van der Waals surface area contributed by atoms with E-state index in [2.05, 4.69) is 25.5 Å². The minimum absolute atomic E-state index is 0.0605. The lowest BCUT2D eigenvalue weighted by molar-refractivity contribution is -0.139. The maximum absolute atomic E-state index is 11.9. The molecule has 0 aliphatic carbocycles. The van der Waals surface area contributed by atoms with Gasteiger partial charge in [-0.2, -0.15) is 0 Å². The molecule has 4 N–H and O–H groups in total. The smallest absolute Gasteiger partial charge is 0.326 e. The van der Waals surface area contributed by atoms with E-state index in [1.807, 2.05) is 7.05 Å². The van der Waals surface area contributed by atoms with Crippen LogP contribution in [0.1, 0.15) is 18.5 Å². The normalized spacial score (nSPS) is 20.7. The first-order chi connectivity index (χ1) is 10.0. The van der Waals surface area contributed by atoms with Crippen molar-refractivity contribution < 1.29 is 14.7 Å². The topological polar surface area (TPSA) is 110 Å². The Labute approximate surface area is 122 Å². The first-order valence-electron chi connectivity index (χ1n) is 7.00. The van der Waals surface area contributed by atoms with Crippen molar-refractivity contribution >= 4 is 12.0 Å². The van der Waals surface area contributed by atoms with Gasteiger partial charge in [0.2, 0.25) is 0 Å². The van der Waals surface area contributed by atoms with Crippen molar-refractivity contribution in [2.24, 2.45) is 0 Å². The lowest BCUT2D eigenvalue weighted by atomic mass is 10.1. The SMILES string of the molecule is CN1CCCC(NC(=O)N[C@@H](Cc2cnc[nH]2)C(=O)O)C1. The van der Waals surface area contributed by atoms with Crippen molar-refractivity contribution in [3.63, 3.8) is 0 Å². The number of H-pyrrole nitrogens is 1. The summed E-state index contributed by atoms with van der Waals surface area (Å²) in [6.07, 6.45) is 5.14. The first kappa shape index (κ1) is 15.3. The number of rotatable bonds is 5. The number of carboxylic acid groups (broad SMARTS) is 1. The largest absolute Gasteiger partial charge is 0.480 e. The van der Waals surface area contributed by atoms with Crippen LogP contribution in [0.2, 0.25) is 0 Å². The molecule has 116 valence electrons. The lowest BCUT2D eigenvalue weighted by Crippen LogP contribution is -2.53. The fourth-order valence-electron chi connectivity index (χ4n) is 2.49. The average Bonchev–Trinajstić information content (AvgIpc) is 2.90. The number of urea groups is 1. The number of amides is 2. The number of carbonyl (C=O) groups excluding carboxylic acids is 1. The molecule has 2 heterocycles. The zero-order valence-corrected chi connectivity index (χ0v) is 12.0. The molecule has 8 heteroatoms. The summed E-state index contributed by atoms with van der Waals surface area (Å²) in [4.78, 5) is 32.0. The Bertz CT molecular complexity index is 476. The van der Waals surface area contributed by atoms with Crippen LogP contribution in [0, 0.1) is 0 Å². The summed E-state index contributed by atoms with van der Waals surface area (Å²) >= 11 is 0. The Morgan fingerprint density at radius 3 is 3.05 bits per heavy atom. The van der Waals surface area contributed by atoms with Gasteiger partial charge in [0.25, 0.3) is 0 Å². The number of nitrogens with zero attached hydrogens (tertiary/aromatic N) is 2. The Balaban J connectivity index is 1.84. The number of aromatic amines is 1. The Hall–Kier alpha value is -2.09. The van der Waals surface area contributed by atoms with Crippen LogP contribution in [0.4, 0.5) is 4.79 Å². The average molecular weight is 295 g/mol. The molecule has 21 heavy (non-hydrogen) atoms. The highest BCUT2D eigenvalue weighted by Crippen LogP contribution is 2.07. The highest BCUT2D eigenvalue weighted by Gasteiger charge is 2.24. The van der Waals surface area contributed by atoms with Crippen molar-refractivity contribution in [2.45, 2.75) is 31.3 Å². The molecule has 1 saturated heterocycles. The van der Waals surface area contributed by atoms with Crippen molar-refractivity contribution in [3.05, 3.63) is 18.2 Å². The molecule has 0 aromatic carbocycles. The zero-order chi connectivity index (χ0) is 15.2. The maximum Gasteiger partial charge on any atom is 0.326 e. The van der Waals surface area contributed by atoms with Gasteiger partial charge in [0.1, 0.15) is 6.04 Å². The first-order valence-corrected chi connectivity index (χ1v) is 7.00. The molecule has 1 aliphatic heterocycles. The minimum atomic E-state index is -1.07. The van der Waals surface area contributed by atoms with Crippen LogP contribution in [0.5, 0.6) is 0 Å². The van der Waals surface area contributed by atoms with Gasteiger partial charge < -0.3 is 25.6 Å². The molecule has 1 fully saturated rings. The molecule has 1 unspecified atom stereocenters. The van der Waals surface area contributed by atoms with Crippen LogP contribution >= 0.6 is 0 Å². The number of aromatic nitrogens is 2. The van der Waals surface area contributed by atoms with Gasteiger partial charge >= 0.3 is 12.0 Å². The Morgan fingerprint density at radius 1 is 1.62 bits per heavy atom. The number of carboxylic acids is 1. The van der Waals surface area contributed by atoms with Crippen molar-refractivity contribution in [2.75, 3.05) is 20.1 Å². The van der Waals surface area contributed by atoms with E-state index >= 15 is 0 Å². The van der Waals surface area contributed by atoms with Gasteiger partial charge in [0.05, 0.1) is 6.33 Å². The summed E-state index contributed by atoms with van der Waals surface area (Å²) in [5.41, 5.74) is 0.667. The van der Waals surface area contributed by atoms with E-state index in [0.717, 1.165) is 25.9 Å². The molecule has 1 aromatic heterocycles. The number of carbonyl (C=O) groups is 2. The molecule has 0 saturated carbocycles. The van der Waals surface area contributed by atoms with E-state index in [1.165, 1.54) is 6.33 Å². The second-order valence-electron chi connectivity index (χ2n) is 5.39. The summed E-state index contributed by atoms with van der Waals surface area (Å²) in [6.45, 7) is 1.81. The quantitative estimate of drug-likeness (QED) is 0.601. The molecule has 2 rings (SSSR count). The van der Waals surface area contributed by atoms with Gasteiger partial charge in [-0.05, 0) is 26.4 Å². The van der Waals surface area contributed by atoms with Crippen LogP contribution < -0.4 is 10.6 Å². The Morgan fingerprint density at radius 2 is 2.43 bits per heavy atom. The molecule has 0 bridgehead atoms. The number of likely N-dealkylation sites (tertiary alicyclic amines) is 1. The third-order valence-corrected chi connectivity index (χ3v) is 3.54. The summed E-state index contributed by atoms with van der Waals surface area (Å²) in [5.74, 6) is -1.07. The fraction of sp³-hybridized carbons (Fsp3) is 0.615. The second-order valence-corrected chi connectivity index (χ2v) is 5.39. The fourth-order valence-corrected chi connectivity index (χ4v) is 2.49. The van der Waals surface area contributed by atoms with Crippen LogP contribution in [0.25, 0.3) is 0 Å². The van der Waals surface area contributed by atoms with E-state index in [0.29, 0.717) is 5.69 Å². The standard InChI is InChI=1S/C13H21N5O3/c1-18-4-2-3-9(7-18)16-13(21)17-11(12(19)20)5-10-6-14-8-15-10/h6,8-9,11H,2-5,7H2,1H3,(H,14,15)(H,19,20)(H2,16,17,21)/t9?,11-/m0/s1. The van der Waals surface area contributed by atoms with Crippen molar-refractivity contribution in [1.82, 2.24) is 25.5 Å². The number of piperidine rings is 1. The molecular weight excluding hydrogens is 274 g/mol. The molecule has 0 spiro atoms. The molecule has 0 radical (unpaired) electrons. The third-order valence-electron chi connectivity index (χ3n) is 3.54. The molecule has 8 nitrogen and oxygen atoms in total. The predicted octanol–water partition coefficient (Wildman–Crippen LogP) is -0.201. The van der Waals surface area contributed by atoms with E-state index < -0.39 is 18.0 Å². The van der Waals surface area contributed by atoms with Gasteiger partial charge in [0, 0.05) is 30.9 Å². The summed E-state index contributed by atoms with van der Waals surface area (Å²) < 4.78 is 0. The van der Waals surface area contributed by atoms with Gasteiger partial charge in [0.15, 0.2) is 0 Å². The van der Waals surface area contributed by atoms with Crippen molar-refractivity contribution in [3.8, 4) is 0 Å². The number of aliphatic carboxylic acids is 1. The minimum Gasteiger partial charge on any atom is -0.480 e. The summed E-state index contributed by atoms with van der Waals surface area (Å²) in [6, 6.07) is -1.36. The van der Waals surface area contributed by atoms with Gasteiger partial charge in [-0.25, -0.2) is 14.6 Å². The summed E-state index contributed by atoms with van der Waals surface area (Å²) in [5, 5.41) is 14.5. The third kappa shape index (κ3) is 4.75. The molecule has 1 aliphatic rings. The van der Waals surface area contributed by atoms with Crippen LogP contribution in [-0.2, 0) is 11.2 Å². The molecular formula is C13H21N5O3. The van der Waals surface area contributed by atoms with Gasteiger partial charge in [-0.15, -0.1) is 0 Å². The van der Waals surface area contributed by atoms with E-state index in [-0.39, 0.29) is 12.5 Å². The number of nitrogens with one attached hydrogen (secondary N) is 3. The molecule has 1 aromatic rings. The maximum atomic E-state index is 11.9. The van der Waals surface area contributed by atoms with Gasteiger partial charge in [-0.1, -0.05) is 0 Å². The van der Waals surface area contributed by atoms with Gasteiger partial charge in [-0.3, -0.25) is 0 Å². The van der Waals surface area contributed by atoms with Crippen LogP contribution in [0.3, 0.4) is 0 Å². The van der Waals surface area contributed by atoms with E-state index in [9.17, 15) is 14.7 Å². The monoisotopic (exact) mass is 295 g/mol. The molecule has 2 atom stereocenters. The number of imidazole rings is 1.